The summed E-state index contributed by atoms with van der Waals surface area (Å²) in [6.45, 7) is 1.78. The van der Waals surface area contributed by atoms with Crippen LogP contribution in [0.5, 0.6) is 5.75 Å². The van der Waals surface area contributed by atoms with Crippen molar-refractivity contribution < 1.29 is 19.4 Å². The van der Waals surface area contributed by atoms with Gasteiger partial charge in [0.2, 0.25) is 5.78 Å². The van der Waals surface area contributed by atoms with Crippen LogP contribution in [0, 0.1) is 0 Å². The lowest BCUT2D eigenvalue weighted by Gasteiger charge is -2.25. The number of hydrogen-bond acceptors (Lipinski definition) is 4. The first-order valence-corrected chi connectivity index (χ1v) is 5.60. The average Bonchev–Trinajstić information content (AvgIpc) is 2.35. The summed E-state index contributed by atoms with van der Waals surface area (Å²) in [6.07, 6.45) is 3.07. The van der Waals surface area contributed by atoms with Crippen LogP contribution in [-0.2, 0) is 4.74 Å². The summed E-state index contributed by atoms with van der Waals surface area (Å²) in [7, 11) is 0. The first-order chi connectivity index (χ1) is 8.59. The van der Waals surface area contributed by atoms with Crippen LogP contribution in [0.15, 0.2) is 41.7 Å². The zero-order valence-electron chi connectivity index (χ0n) is 9.64. The van der Waals surface area contributed by atoms with Crippen LogP contribution in [-0.4, -0.2) is 22.8 Å². The highest BCUT2D eigenvalue weighted by Crippen LogP contribution is 2.34. The van der Waals surface area contributed by atoms with Gasteiger partial charge < -0.3 is 9.84 Å². The molecule has 0 radical (unpaired) electrons. The summed E-state index contributed by atoms with van der Waals surface area (Å²) < 4.78 is 5.40. The highest BCUT2D eigenvalue weighted by atomic mass is 16.5. The minimum atomic E-state index is -0.436. The van der Waals surface area contributed by atoms with E-state index in [2.05, 4.69) is 0 Å². The molecule has 3 rings (SSSR count). The Morgan fingerprint density at radius 1 is 1.22 bits per heavy atom. The first-order valence-electron chi connectivity index (χ1n) is 5.60. The molecule has 1 aliphatic carbocycles. The number of hydrogen-bond donors (Lipinski definition) is 1. The Morgan fingerprint density at radius 3 is 2.78 bits per heavy atom. The van der Waals surface area contributed by atoms with Gasteiger partial charge in [-0.1, -0.05) is 12.1 Å². The van der Waals surface area contributed by atoms with Gasteiger partial charge in [-0.3, -0.25) is 9.59 Å². The maximum absolute atomic E-state index is 12.2. The number of phenolic OH excluding ortho intramolecular Hbond substituents is 1. The lowest BCUT2D eigenvalue weighted by molar-refractivity contribution is 0.0819. The third kappa shape index (κ3) is 1.32. The second kappa shape index (κ2) is 3.57. The van der Waals surface area contributed by atoms with Crippen molar-refractivity contribution in [2.24, 2.45) is 0 Å². The molecular weight excluding hydrogens is 232 g/mol. The molecule has 0 bridgehead atoms. The fourth-order valence-electron chi connectivity index (χ4n) is 2.18. The molecule has 1 N–H and O–H groups in total. The molecule has 2 aliphatic rings. The molecule has 1 unspecified atom stereocenters. The van der Waals surface area contributed by atoms with Gasteiger partial charge in [-0.05, 0) is 25.1 Å². The zero-order chi connectivity index (χ0) is 12.9. The van der Waals surface area contributed by atoms with Crippen molar-refractivity contribution >= 4 is 11.6 Å². The Labute approximate surface area is 103 Å². The van der Waals surface area contributed by atoms with E-state index in [1.54, 1.807) is 25.1 Å². The number of carbonyl (C=O) groups is 2. The molecule has 0 saturated carbocycles. The van der Waals surface area contributed by atoms with Gasteiger partial charge in [-0.25, -0.2) is 0 Å². The van der Waals surface area contributed by atoms with Crippen LogP contribution in [0.1, 0.15) is 27.6 Å². The second-order valence-electron chi connectivity index (χ2n) is 4.28. The predicted molar refractivity (Wildman–Crippen MR) is 63.5 cm³/mol. The van der Waals surface area contributed by atoms with Crippen molar-refractivity contribution in [1.82, 2.24) is 0 Å². The van der Waals surface area contributed by atoms with E-state index in [9.17, 15) is 14.7 Å². The Balaban J connectivity index is 2.25. The number of allylic oxidation sites excluding steroid dienone is 3. The fraction of sp³-hybridized carbons (Fsp3) is 0.143. The van der Waals surface area contributed by atoms with Crippen LogP contribution in [0.2, 0.25) is 0 Å². The molecule has 0 aromatic heterocycles. The number of ether oxygens (including phenoxy) is 1. The van der Waals surface area contributed by atoms with Crippen LogP contribution >= 0.6 is 0 Å². The molecule has 4 nitrogen and oxygen atoms in total. The summed E-state index contributed by atoms with van der Waals surface area (Å²) in [5.74, 6) is -0.889. The van der Waals surface area contributed by atoms with E-state index in [4.69, 9.17) is 4.74 Å². The SMILES string of the molecule is CC1C=CC2=C(O1)C(=O)c1c(O)cccc1C2=O. The van der Waals surface area contributed by atoms with Crippen molar-refractivity contribution in [2.75, 3.05) is 0 Å². The molecule has 0 saturated heterocycles. The van der Waals surface area contributed by atoms with Crippen LogP contribution < -0.4 is 0 Å². The highest BCUT2D eigenvalue weighted by Gasteiger charge is 2.36. The van der Waals surface area contributed by atoms with E-state index >= 15 is 0 Å². The molecule has 18 heavy (non-hydrogen) atoms. The van der Waals surface area contributed by atoms with Crippen molar-refractivity contribution in [1.29, 1.82) is 0 Å². The Hall–Kier alpha value is -2.36. The maximum Gasteiger partial charge on any atom is 0.232 e. The highest BCUT2D eigenvalue weighted by molar-refractivity contribution is 6.28. The largest absolute Gasteiger partial charge is 0.507 e. The number of Topliss-reactive ketones (excluding diaryl/α,β-unsaturated/α-hetero) is 2. The monoisotopic (exact) mass is 242 g/mol. The van der Waals surface area contributed by atoms with E-state index in [-0.39, 0.29) is 40.1 Å². The zero-order valence-corrected chi connectivity index (χ0v) is 9.64. The van der Waals surface area contributed by atoms with Gasteiger partial charge in [-0.15, -0.1) is 0 Å². The van der Waals surface area contributed by atoms with Gasteiger partial charge in [-0.2, -0.15) is 0 Å². The number of benzene rings is 1. The van der Waals surface area contributed by atoms with E-state index in [1.807, 2.05) is 0 Å². The molecule has 90 valence electrons. The summed E-state index contributed by atoms with van der Waals surface area (Å²) >= 11 is 0. The molecule has 0 spiro atoms. The van der Waals surface area contributed by atoms with Gasteiger partial charge in [0, 0.05) is 5.56 Å². The predicted octanol–water partition coefficient (Wildman–Crippen LogP) is 2.00. The average molecular weight is 242 g/mol. The Bertz CT molecular complexity index is 637. The molecule has 4 heteroatoms. The third-order valence-corrected chi connectivity index (χ3v) is 3.05. The van der Waals surface area contributed by atoms with Gasteiger partial charge in [0.25, 0.3) is 0 Å². The molecule has 1 aliphatic heterocycles. The summed E-state index contributed by atoms with van der Waals surface area (Å²) in [5, 5.41) is 9.73. The summed E-state index contributed by atoms with van der Waals surface area (Å²) in [4.78, 5) is 24.4. The van der Waals surface area contributed by atoms with Crippen molar-refractivity contribution in [3.8, 4) is 5.75 Å². The molecule has 1 atom stereocenters. The number of aromatic hydroxyl groups is 1. The van der Waals surface area contributed by atoms with Crippen LogP contribution in [0.3, 0.4) is 0 Å². The maximum atomic E-state index is 12.2. The quantitative estimate of drug-likeness (QED) is 0.755. The van der Waals surface area contributed by atoms with Gasteiger partial charge in [0.15, 0.2) is 11.5 Å². The van der Waals surface area contributed by atoms with Crippen LogP contribution in [0.25, 0.3) is 0 Å². The van der Waals surface area contributed by atoms with Crippen molar-refractivity contribution in [3.05, 3.63) is 52.8 Å². The summed E-state index contributed by atoms with van der Waals surface area (Å²) in [6, 6.07) is 4.46. The van der Waals surface area contributed by atoms with E-state index < -0.39 is 5.78 Å². The normalized spacial score (nSPS) is 21.5. The number of rotatable bonds is 0. The van der Waals surface area contributed by atoms with E-state index in [1.165, 1.54) is 12.1 Å². The molecule has 0 fully saturated rings. The lowest BCUT2D eigenvalue weighted by atomic mass is 9.86. The summed E-state index contributed by atoms with van der Waals surface area (Å²) in [5.41, 5.74) is 0.515. The van der Waals surface area contributed by atoms with Gasteiger partial charge in [0.05, 0.1) is 11.1 Å². The molecule has 1 aromatic carbocycles. The molecule has 1 aromatic rings. The minimum Gasteiger partial charge on any atom is -0.507 e. The van der Waals surface area contributed by atoms with E-state index in [0.29, 0.717) is 0 Å². The number of carbonyl (C=O) groups excluding carboxylic acids is 2. The standard InChI is InChI=1S/C14H10O4/c1-7-5-6-9-12(16)8-3-2-4-10(15)11(8)13(17)14(9)18-7/h2-7,15H,1H3. The molecule has 1 heterocycles. The topological polar surface area (TPSA) is 63.6 Å². The molecule has 0 amide bonds. The minimum absolute atomic E-state index is 0.0313. The number of fused-ring (bicyclic) bond motifs is 1. The first kappa shape index (κ1) is 10.8. The number of ketones is 2. The van der Waals surface area contributed by atoms with Crippen LogP contribution in [0.4, 0.5) is 0 Å². The van der Waals surface area contributed by atoms with Crippen molar-refractivity contribution in [3.63, 3.8) is 0 Å². The van der Waals surface area contributed by atoms with Gasteiger partial charge >= 0.3 is 0 Å². The lowest BCUT2D eigenvalue weighted by Crippen LogP contribution is -2.27. The second-order valence-corrected chi connectivity index (χ2v) is 4.28. The van der Waals surface area contributed by atoms with Crippen molar-refractivity contribution in [2.45, 2.75) is 13.0 Å². The molecular formula is C14H10O4. The van der Waals surface area contributed by atoms with E-state index in [0.717, 1.165) is 0 Å². The van der Waals surface area contributed by atoms with Gasteiger partial charge in [0.1, 0.15) is 11.9 Å². The Kier molecular flexibility index (Phi) is 2.13. The Morgan fingerprint density at radius 2 is 2.00 bits per heavy atom. The number of phenols is 1. The fourth-order valence-corrected chi connectivity index (χ4v) is 2.18. The smallest absolute Gasteiger partial charge is 0.232 e. The third-order valence-electron chi connectivity index (χ3n) is 3.05.